The molecule has 0 bridgehead atoms. The number of carbonyl (C=O) groups excluding carboxylic acids is 2. The van der Waals surface area contributed by atoms with Crippen molar-refractivity contribution >= 4 is 17.4 Å². The van der Waals surface area contributed by atoms with Gasteiger partial charge in [0, 0.05) is 0 Å². The molecular weight excluding hydrogens is 259 g/mol. The molecule has 3 rings (SSSR count). The number of piperidine rings is 1. The summed E-state index contributed by atoms with van der Waals surface area (Å²) in [5, 5.41) is 0. The van der Waals surface area contributed by atoms with Crippen LogP contribution in [0.2, 0.25) is 0 Å². The summed E-state index contributed by atoms with van der Waals surface area (Å²) in [6.07, 6.45) is 2.25. The Bertz CT molecular complexity index is 565. The standard InChI is InChI=1S/C15H17FN2O2/c1-10-4-6-17(7-5-10)9-18-13-8-11(16)2-3-12(13)14(19)15(18)20/h2-3,8,10H,4-7,9H2,1H3/p+1. The summed E-state index contributed by atoms with van der Waals surface area (Å²) in [4.78, 5) is 26.7. The lowest BCUT2D eigenvalue weighted by atomic mass is 10.00. The van der Waals surface area contributed by atoms with E-state index >= 15 is 0 Å². The van der Waals surface area contributed by atoms with Gasteiger partial charge >= 0.3 is 5.91 Å². The summed E-state index contributed by atoms with van der Waals surface area (Å²) in [5.41, 5.74) is 0.743. The number of benzene rings is 1. The number of rotatable bonds is 2. The summed E-state index contributed by atoms with van der Waals surface area (Å²) in [7, 11) is 0. The molecule has 1 amide bonds. The largest absolute Gasteiger partial charge is 0.317 e. The number of fused-ring (bicyclic) bond motifs is 1. The third-order valence-corrected chi connectivity index (χ3v) is 4.30. The number of amides is 1. The summed E-state index contributed by atoms with van der Waals surface area (Å²) in [6, 6.07) is 3.91. The normalized spacial score (nSPS) is 26.0. The molecule has 20 heavy (non-hydrogen) atoms. The Labute approximate surface area is 117 Å². The molecule has 2 aliphatic rings. The predicted octanol–water partition coefficient (Wildman–Crippen LogP) is 0.627. The SMILES string of the molecule is CC1CC[NH+](CN2C(=O)C(=O)c3ccc(F)cc32)CC1. The van der Waals surface area contributed by atoms with Crippen LogP contribution >= 0.6 is 0 Å². The van der Waals surface area contributed by atoms with Crippen LogP contribution in [0.5, 0.6) is 0 Å². The van der Waals surface area contributed by atoms with Crippen molar-refractivity contribution in [2.75, 3.05) is 24.7 Å². The smallest absolute Gasteiger partial charge is 0.303 e. The first-order valence-corrected chi connectivity index (χ1v) is 7.05. The lowest BCUT2D eigenvalue weighted by molar-refractivity contribution is -0.904. The maximum atomic E-state index is 13.4. The highest BCUT2D eigenvalue weighted by Crippen LogP contribution is 2.28. The summed E-state index contributed by atoms with van der Waals surface area (Å²) in [5.74, 6) is -0.751. The Hall–Kier alpha value is -1.75. The van der Waals surface area contributed by atoms with Gasteiger partial charge in [0.05, 0.1) is 24.3 Å². The summed E-state index contributed by atoms with van der Waals surface area (Å²) in [6.45, 7) is 4.66. The van der Waals surface area contributed by atoms with Crippen LogP contribution in [-0.2, 0) is 4.79 Å². The third-order valence-electron chi connectivity index (χ3n) is 4.30. The molecule has 2 aliphatic heterocycles. The molecular formula is C15H18FN2O2+. The zero-order chi connectivity index (χ0) is 14.3. The van der Waals surface area contributed by atoms with Gasteiger partial charge in [-0.15, -0.1) is 0 Å². The van der Waals surface area contributed by atoms with E-state index in [1.165, 1.54) is 28.0 Å². The minimum Gasteiger partial charge on any atom is -0.317 e. The van der Waals surface area contributed by atoms with Gasteiger partial charge < -0.3 is 4.90 Å². The van der Waals surface area contributed by atoms with Crippen LogP contribution in [0, 0.1) is 11.7 Å². The van der Waals surface area contributed by atoms with Crippen molar-refractivity contribution in [2.24, 2.45) is 5.92 Å². The second-order valence-electron chi connectivity index (χ2n) is 5.81. The summed E-state index contributed by atoms with van der Waals surface area (Å²) < 4.78 is 13.4. The molecule has 106 valence electrons. The number of hydrogen-bond acceptors (Lipinski definition) is 2. The van der Waals surface area contributed by atoms with Gasteiger partial charge in [0.1, 0.15) is 5.82 Å². The zero-order valence-corrected chi connectivity index (χ0v) is 11.5. The van der Waals surface area contributed by atoms with Crippen LogP contribution in [0.15, 0.2) is 18.2 Å². The van der Waals surface area contributed by atoms with Gasteiger partial charge in [-0.25, -0.2) is 4.39 Å². The van der Waals surface area contributed by atoms with Crippen molar-refractivity contribution in [1.29, 1.82) is 0 Å². The highest BCUT2D eigenvalue weighted by atomic mass is 19.1. The summed E-state index contributed by atoms with van der Waals surface area (Å²) >= 11 is 0. The fraction of sp³-hybridized carbons (Fsp3) is 0.467. The lowest BCUT2D eigenvalue weighted by Crippen LogP contribution is -3.14. The maximum absolute atomic E-state index is 13.4. The van der Waals surface area contributed by atoms with Crippen molar-refractivity contribution in [3.63, 3.8) is 0 Å². The fourth-order valence-electron chi connectivity index (χ4n) is 2.98. The number of anilines is 1. The highest BCUT2D eigenvalue weighted by Gasteiger charge is 2.38. The molecule has 5 heteroatoms. The van der Waals surface area contributed by atoms with E-state index in [4.69, 9.17) is 0 Å². The van der Waals surface area contributed by atoms with E-state index in [1.807, 2.05) is 0 Å². The molecule has 0 spiro atoms. The van der Waals surface area contributed by atoms with E-state index in [0.29, 0.717) is 17.9 Å². The number of nitrogens with one attached hydrogen (secondary N) is 1. The Morgan fingerprint density at radius 3 is 2.70 bits per heavy atom. The van der Waals surface area contributed by atoms with Crippen LogP contribution in [-0.4, -0.2) is 31.4 Å². The van der Waals surface area contributed by atoms with Gasteiger partial charge in [0.25, 0.3) is 5.78 Å². The lowest BCUT2D eigenvalue weighted by Gasteiger charge is -2.30. The molecule has 1 aromatic rings. The molecule has 2 heterocycles. The van der Waals surface area contributed by atoms with E-state index in [0.717, 1.165) is 31.8 Å². The molecule has 1 aromatic carbocycles. The minimum absolute atomic E-state index is 0.321. The number of quaternary nitrogens is 1. The van der Waals surface area contributed by atoms with Gasteiger partial charge in [-0.2, -0.15) is 0 Å². The van der Waals surface area contributed by atoms with E-state index < -0.39 is 17.5 Å². The topological polar surface area (TPSA) is 41.8 Å². The van der Waals surface area contributed by atoms with Gasteiger partial charge in [0.2, 0.25) is 0 Å². The quantitative estimate of drug-likeness (QED) is 0.806. The number of hydrogen-bond donors (Lipinski definition) is 1. The average molecular weight is 277 g/mol. The Balaban J connectivity index is 1.82. The fourth-order valence-corrected chi connectivity index (χ4v) is 2.98. The maximum Gasteiger partial charge on any atom is 0.303 e. The Morgan fingerprint density at radius 1 is 1.30 bits per heavy atom. The second-order valence-corrected chi connectivity index (χ2v) is 5.81. The van der Waals surface area contributed by atoms with Gasteiger partial charge in [-0.05, 0) is 37.0 Å². The monoisotopic (exact) mass is 277 g/mol. The molecule has 1 fully saturated rings. The first-order chi connectivity index (χ1) is 9.56. The Morgan fingerprint density at radius 2 is 2.00 bits per heavy atom. The van der Waals surface area contributed by atoms with Crippen LogP contribution in [0.4, 0.5) is 10.1 Å². The number of carbonyl (C=O) groups is 2. The number of likely N-dealkylation sites (tertiary alicyclic amines) is 1. The van der Waals surface area contributed by atoms with Crippen molar-refractivity contribution in [3.05, 3.63) is 29.6 Å². The van der Waals surface area contributed by atoms with E-state index in [2.05, 4.69) is 6.92 Å². The van der Waals surface area contributed by atoms with Gasteiger partial charge in [-0.3, -0.25) is 14.5 Å². The molecule has 0 saturated carbocycles. The van der Waals surface area contributed by atoms with E-state index in [-0.39, 0.29) is 0 Å². The van der Waals surface area contributed by atoms with Crippen LogP contribution < -0.4 is 9.80 Å². The highest BCUT2D eigenvalue weighted by molar-refractivity contribution is 6.52. The third kappa shape index (κ3) is 2.22. The molecule has 0 atom stereocenters. The molecule has 1 N–H and O–H groups in total. The van der Waals surface area contributed by atoms with Crippen LogP contribution in [0.1, 0.15) is 30.1 Å². The second kappa shape index (κ2) is 4.98. The molecule has 0 aromatic heterocycles. The van der Waals surface area contributed by atoms with Crippen molar-refractivity contribution in [1.82, 2.24) is 0 Å². The van der Waals surface area contributed by atoms with Gasteiger partial charge in [-0.1, -0.05) is 6.92 Å². The predicted molar refractivity (Wildman–Crippen MR) is 72.2 cm³/mol. The van der Waals surface area contributed by atoms with Crippen LogP contribution in [0.3, 0.4) is 0 Å². The number of halogens is 1. The zero-order valence-electron chi connectivity index (χ0n) is 11.5. The first kappa shape index (κ1) is 13.2. The molecule has 0 aliphatic carbocycles. The number of Topliss-reactive ketones (excluding diaryl/α,β-unsaturated/α-hetero) is 1. The van der Waals surface area contributed by atoms with Crippen LogP contribution in [0.25, 0.3) is 0 Å². The van der Waals surface area contributed by atoms with Crippen molar-refractivity contribution < 1.29 is 18.9 Å². The van der Waals surface area contributed by atoms with Gasteiger partial charge in [0.15, 0.2) is 6.67 Å². The number of nitrogens with zero attached hydrogens (tertiary/aromatic N) is 1. The molecule has 0 radical (unpaired) electrons. The molecule has 0 unspecified atom stereocenters. The molecule has 1 saturated heterocycles. The Kier molecular flexibility index (Phi) is 3.30. The first-order valence-electron chi connectivity index (χ1n) is 7.05. The minimum atomic E-state index is -0.531. The van der Waals surface area contributed by atoms with Crippen molar-refractivity contribution in [2.45, 2.75) is 19.8 Å². The van der Waals surface area contributed by atoms with E-state index in [9.17, 15) is 14.0 Å². The average Bonchev–Trinajstić information content (AvgIpc) is 2.66. The van der Waals surface area contributed by atoms with E-state index in [1.54, 1.807) is 0 Å². The molecule has 4 nitrogen and oxygen atoms in total. The van der Waals surface area contributed by atoms with Crippen molar-refractivity contribution in [3.8, 4) is 0 Å². The number of ketones is 1.